The van der Waals surface area contributed by atoms with Crippen molar-refractivity contribution in [3.05, 3.63) is 35.4 Å². The quantitative estimate of drug-likeness (QED) is 0.634. The lowest BCUT2D eigenvalue weighted by atomic mass is 9.86. The van der Waals surface area contributed by atoms with Crippen LogP contribution in [0.4, 0.5) is 0 Å². The van der Waals surface area contributed by atoms with Gasteiger partial charge in [-0.2, -0.15) is 0 Å². The monoisotopic (exact) mass is 206 g/mol. The Kier molecular flexibility index (Phi) is 2.01. The molecule has 2 rings (SSSR count). The van der Waals surface area contributed by atoms with Crippen molar-refractivity contribution in [2.75, 3.05) is 0 Å². The number of hydrogen-bond acceptors (Lipinski definition) is 3. The van der Waals surface area contributed by atoms with Crippen molar-refractivity contribution in [1.29, 1.82) is 0 Å². The van der Waals surface area contributed by atoms with E-state index < -0.39 is 11.6 Å². The van der Waals surface area contributed by atoms with Gasteiger partial charge in [-0.05, 0) is 29.3 Å². The molecule has 78 valence electrons. The van der Waals surface area contributed by atoms with Gasteiger partial charge in [0.25, 0.3) is 0 Å². The van der Waals surface area contributed by atoms with Crippen molar-refractivity contribution in [2.45, 2.75) is 12.0 Å². The smallest absolute Gasteiger partial charge is 0.340 e. The minimum Gasteiger partial charge on any atom is -0.508 e. The lowest BCUT2D eigenvalue weighted by Crippen LogP contribution is -2.40. The number of benzene rings is 1. The highest BCUT2D eigenvalue weighted by molar-refractivity contribution is 5.83. The molecule has 0 saturated carbocycles. The fourth-order valence-corrected chi connectivity index (χ4v) is 1.63. The van der Waals surface area contributed by atoms with Gasteiger partial charge in [-0.15, -0.1) is 0 Å². The van der Waals surface area contributed by atoms with Gasteiger partial charge >= 0.3 is 5.97 Å². The summed E-state index contributed by atoms with van der Waals surface area (Å²) in [6.45, 7) is 0. The van der Waals surface area contributed by atoms with Crippen LogP contribution in [-0.4, -0.2) is 26.9 Å². The van der Waals surface area contributed by atoms with Gasteiger partial charge in [0.15, 0.2) is 5.60 Å². The van der Waals surface area contributed by atoms with Crippen LogP contribution in [0, 0.1) is 0 Å². The predicted octanol–water partition coefficient (Wildman–Crippen LogP) is 0.777. The lowest BCUT2D eigenvalue weighted by molar-refractivity contribution is -0.153. The molecular weight excluding hydrogens is 196 g/mol. The van der Waals surface area contributed by atoms with Gasteiger partial charge in [0.2, 0.25) is 0 Å². The van der Waals surface area contributed by atoms with E-state index in [1.807, 2.05) is 0 Å². The van der Waals surface area contributed by atoms with Crippen molar-refractivity contribution < 1.29 is 20.1 Å². The van der Waals surface area contributed by atoms with E-state index in [4.69, 9.17) is 5.11 Å². The third kappa shape index (κ3) is 1.59. The summed E-state index contributed by atoms with van der Waals surface area (Å²) >= 11 is 0. The first-order valence-corrected chi connectivity index (χ1v) is 4.48. The zero-order valence-electron chi connectivity index (χ0n) is 7.84. The Morgan fingerprint density at radius 1 is 1.40 bits per heavy atom. The number of aromatic hydroxyl groups is 1. The Morgan fingerprint density at radius 3 is 2.80 bits per heavy atom. The summed E-state index contributed by atoms with van der Waals surface area (Å²) in [5.41, 5.74) is -0.415. The highest BCUT2D eigenvalue weighted by Crippen LogP contribution is 2.28. The maximum Gasteiger partial charge on any atom is 0.340 e. The molecule has 0 aromatic heterocycles. The number of carboxylic acids is 1. The van der Waals surface area contributed by atoms with E-state index >= 15 is 0 Å². The highest BCUT2D eigenvalue weighted by atomic mass is 16.4. The Labute approximate surface area is 86.1 Å². The number of aliphatic carboxylic acids is 1. The third-order valence-corrected chi connectivity index (χ3v) is 2.50. The summed E-state index contributed by atoms with van der Waals surface area (Å²) in [5, 5.41) is 27.8. The van der Waals surface area contributed by atoms with Crippen LogP contribution in [-0.2, 0) is 11.2 Å². The molecule has 15 heavy (non-hydrogen) atoms. The third-order valence-electron chi connectivity index (χ3n) is 2.50. The van der Waals surface area contributed by atoms with Gasteiger partial charge < -0.3 is 15.3 Å². The van der Waals surface area contributed by atoms with Gasteiger partial charge in [0.05, 0.1) is 0 Å². The lowest BCUT2D eigenvalue weighted by Gasteiger charge is -2.24. The van der Waals surface area contributed by atoms with Crippen LogP contribution < -0.4 is 0 Å². The minimum atomic E-state index is -1.86. The van der Waals surface area contributed by atoms with E-state index in [0.29, 0.717) is 5.56 Å². The number of phenolic OH excluding ortho intramolecular Hbond substituents is 1. The summed E-state index contributed by atoms with van der Waals surface area (Å²) in [6, 6.07) is 4.67. The van der Waals surface area contributed by atoms with Crippen LogP contribution in [0.2, 0.25) is 0 Å². The molecule has 0 bridgehead atoms. The molecule has 1 unspecified atom stereocenters. The first-order chi connectivity index (χ1) is 7.01. The van der Waals surface area contributed by atoms with E-state index in [1.165, 1.54) is 18.2 Å². The highest BCUT2D eigenvalue weighted by Gasteiger charge is 2.35. The average molecular weight is 206 g/mol. The zero-order chi connectivity index (χ0) is 11.1. The summed E-state index contributed by atoms with van der Waals surface area (Å²) in [6.07, 6.45) is 2.78. The normalized spacial score (nSPS) is 23.5. The number of carboxylic acid groups (broad SMARTS) is 1. The molecule has 1 aromatic carbocycles. The van der Waals surface area contributed by atoms with E-state index in [-0.39, 0.29) is 12.2 Å². The van der Waals surface area contributed by atoms with Gasteiger partial charge in [0, 0.05) is 6.42 Å². The van der Waals surface area contributed by atoms with Gasteiger partial charge in [-0.1, -0.05) is 12.1 Å². The first kappa shape index (κ1) is 9.73. The molecule has 0 aliphatic heterocycles. The summed E-state index contributed by atoms with van der Waals surface area (Å²) in [7, 11) is 0. The number of hydrogen-bond donors (Lipinski definition) is 3. The second-order valence-electron chi connectivity index (χ2n) is 3.62. The Balaban J connectivity index is 2.45. The number of phenols is 1. The van der Waals surface area contributed by atoms with E-state index in [9.17, 15) is 15.0 Å². The van der Waals surface area contributed by atoms with Crippen LogP contribution in [0.25, 0.3) is 6.08 Å². The number of fused-ring (bicyclic) bond motifs is 1. The molecule has 0 fully saturated rings. The zero-order valence-corrected chi connectivity index (χ0v) is 7.84. The number of carbonyl (C=O) groups is 1. The van der Waals surface area contributed by atoms with Crippen molar-refractivity contribution in [3.63, 3.8) is 0 Å². The number of rotatable bonds is 1. The molecule has 1 atom stereocenters. The maximum atomic E-state index is 10.8. The van der Waals surface area contributed by atoms with Gasteiger partial charge in [-0.25, -0.2) is 4.79 Å². The number of aliphatic hydroxyl groups is 1. The van der Waals surface area contributed by atoms with Crippen molar-refractivity contribution >= 4 is 12.0 Å². The largest absolute Gasteiger partial charge is 0.508 e. The molecule has 4 nitrogen and oxygen atoms in total. The van der Waals surface area contributed by atoms with Gasteiger partial charge in [-0.3, -0.25) is 0 Å². The van der Waals surface area contributed by atoms with E-state index in [1.54, 1.807) is 12.1 Å². The minimum absolute atomic E-state index is 0.0252. The van der Waals surface area contributed by atoms with Crippen molar-refractivity contribution in [2.24, 2.45) is 0 Å². The second kappa shape index (κ2) is 3.10. The van der Waals surface area contributed by atoms with E-state index in [2.05, 4.69) is 0 Å². The molecule has 4 heteroatoms. The molecule has 1 aromatic rings. The Bertz CT molecular complexity index is 450. The van der Waals surface area contributed by atoms with E-state index in [0.717, 1.165) is 5.56 Å². The van der Waals surface area contributed by atoms with Crippen LogP contribution in [0.1, 0.15) is 11.1 Å². The molecule has 1 aliphatic rings. The fourth-order valence-electron chi connectivity index (χ4n) is 1.63. The van der Waals surface area contributed by atoms with Crippen LogP contribution >= 0.6 is 0 Å². The first-order valence-electron chi connectivity index (χ1n) is 4.48. The molecule has 0 radical (unpaired) electrons. The summed E-state index contributed by atoms with van der Waals surface area (Å²) in [5.74, 6) is -1.22. The molecular formula is C11H10O4. The maximum absolute atomic E-state index is 10.8. The standard InChI is InChI=1S/C11H10O4/c12-9-2-1-7-3-4-11(15,10(13)14)6-8(7)5-9/h1-5,12,15H,6H2,(H,13,14). The van der Waals surface area contributed by atoms with Crippen LogP contribution in [0.5, 0.6) is 5.75 Å². The SMILES string of the molecule is O=C(O)C1(O)C=Cc2ccc(O)cc2C1. The molecule has 0 spiro atoms. The fraction of sp³-hybridized carbons (Fsp3) is 0.182. The molecule has 0 heterocycles. The Hall–Kier alpha value is -1.81. The summed E-state index contributed by atoms with van der Waals surface area (Å²) < 4.78 is 0. The molecule has 0 saturated heterocycles. The topological polar surface area (TPSA) is 77.8 Å². The van der Waals surface area contributed by atoms with Crippen molar-refractivity contribution in [3.8, 4) is 5.75 Å². The molecule has 0 amide bonds. The van der Waals surface area contributed by atoms with Crippen LogP contribution in [0.3, 0.4) is 0 Å². The van der Waals surface area contributed by atoms with Gasteiger partial charge in [0.1, 0.15) is 5.75 Å². The van der Waals surface area contributed by atoms with Crippen LogP contribution in [0.15, 0.2) is 24.3 Å². The Morgan fingerprint density at radius 2 is 2.13 bits per heavy atom. The average Bonchev–Trinajstić information content (AvgIpc) is 2.16. The molecule has 1 aliphatic carbocycles. The second-order valence-corrected chi connectivity index (χ2v) is 3.62. The molecule has 3 N–H and O–H groups in total. The summed E-state index contributed by atoms with van der Waals surface area (Å²) in [4.78, 5) is 10.8. The predicted molar refractivity (Wildman–Crippen MR) is 53.4 cm³/mol. The van der Waals surface area contributed by atoms with Crippen molar-refractivity contribution in [1.82, 2.24) is 0 Å².